The van der Waals surface area contributed by atoms with Crippen LogP contribution in [0, 0.1) is 0 Å². The van der Waals surface area contributed by atoms with Gasteiger partial charge in [-0.2, -0.15) is 8.42 Å². The third kappa shape index (κ3) is 5.60. The molecule has 0 saturated carbocycles. The second kappa shape index (κ2) is 11.3. The predicted octanol–water partition coefficient (Wildman–Crippen LogP) is 2.83. The van der Waals surface area contributed by atoms with Crippen molar-refractivity contribution >= 4 is 52.2 Å². The van der Waals surface area contributed by atoms with E-state index in [1.165, 1.54) is 18.2 Å². The first-order valence-corrected chi connectivity index (χ1v) is 18.7. The standard InChI is InChI=1S/C32H31F2N3O6SSi/c1-3-45(2)28-13-22(36-15-20(33)16-36)5-8-25(28)30(26-9-6-23(14-29(26)45)37-17-21(34)18-37)27-12-19(4-7-24(27)32(39)40)31(38)35-10-11-44(41,42)43/h3-9,12-14,20-21H,1,10-11,15-18H2,2H3,(H2-,35,38,39,40,41,42,43)/p+1. The zero-order valence-electron chi connectivity index (χ0n) is 24.5. The Morgan fingerprint density at radius 2 is 1.84 bits per heavy atom. The Kier molecular flexibility index (Phi) is 7.74. The molecule has 13 heteroatoms. The molecule has 1 unspecified atom stereocenters. The highest BCUT2D eigenvalue weighted by Crippen LogP contribution is 2.43. The number of carbonyl (C=O) groups excluding carboxylic acids is 1. The SMILES string of the molecule is C=C[Si]1(C)C2=CC(=[N+]3CC(F)C3)C=CC2=C(c2cc(C(=O)NCCS(=O)(=O)O)ccc2C(=O)O)c2ccc(N3CC(F)C3)cc21. The fourth-order valence-electron chi connectivity index (χ4n) is 6.30. The summed E-state index contributed by atoms with van der Waals surface area (Å²) in [6.07, 6.45) is 4.00. The number of hydrogen-bond acceptors (Lipinski definition) is 5. The van der Waals surface area contributed by atoms with Crippen molar-refractivity contribution < 1.29 is 41.0 Å². The molecular formula is C32H32F2N3O6SSi+. The van der Waals surface area contributed by atoms with Gasteiger partial charge >= 0.3 is 5.97 Å². The van der Waals surface area contributed by atoms with Crippen LogP contribution < -0.4 is 15.4 Å². The lowest BCUT2D eigenvalue weighted by Crippen LogP contribution is -2.53. The Hall–Kier alpha value is -4.20. The maximum atomic E-state index is 13.8. The van der Waals surface area contributed by atoms with Crippen LogP contribution in [0.2, 0.25) is 6.55 Å². The number of nitrogens with zero attached hydrogens (tertiary/aromatic N) is 2. The van der Waals surface area contributed by atoms with Crippen LogP contribution in [0.15, 0.2) is 77.7 Å². The summed E-state index contributed by atoms with van der Waals surface area (Å²) in [4.78, 5) is 27.6. The smallest absolute Gasteiger partial charge is 0.336 e. The van der Waals surface area contributed by atoms with Gasteiger partial charge in [0.05, 0.1) is 24.4 Å². The highest BCUT2D eigenvalue weighted by atomic mass is 32.2. The van der Waals surface area contributed by atoms with Gasteiger partial charge in [0.1, 0.15) is 14.2 Å². The summed E-state index contributed by atoms with van der Waals surface area (Å²) in [6.45, 7) is 7.13. The zero-order valence-corrected chi connectivity index (χ0v) is 26.3. The molecule has 2 saturated heterocycles. The minimum absolute atomic E-state index is 0.0422. The number of anilines is 1. The molecule has 0 spiro atoms. The van der Waals surface area contributed by atoms with E-state index in [9.17, 15) is 31.9 Å². The lowest BCUT2D eigenvalue weighted by atomic mass is 9.86. The number of alkyl halides is 2. The van der Waals surface area contributed by atoms with Crippen LogP contribution >= 0.6 is 0 Å². The lowest BCUT2D eigenvalue weighted by Gasteiger charge is -2.41. The van der Waals surface area contributed by atoms with Crippen molar-refractivity contribution in [1.29, 1.82) is 0 Å². The second-order valence-electron chi connectivity index (χ2n) is 11.9. The molecule has 0 bridgehead atoms. The minimum atomic E-state index is -4.30. The molecular weight excluding hydrogens is 621 g/mol. The van der Waals surface area contributed by atoms with E-state index in [0.717, 1.165) is 32.9 Å². The molecule has 2 fully saturated rings. The van der Waals surface area contributed by atoms with Crippen LogP contribution in [0.3, 0.4) is 0 Å². The third-order valence-electron chi connectivity index (χ3n) is 8.90. The number of carbonyl (C=O) groups is 2. The first-order valence-electron chi connectivity index (χ1n) is 14.5. The molecule has 3 N–H and O–H groups in total. The van der Waals surface area contributed by atoms with Gasteiger partial charge in [0.15, 0.2) is 18.8 Å². The summed E-state index contributed by atoms with van der Waals surface area (Å²) in [5, 5.41) is 14.6. The van der Waals surface area contributed by atoms with E-state index in [2.05, 4.69) is 18.4 Å². The summed E-state index contributed by atoms with van der Waals surface area (Å²) in [7, 11) is -7.01. The van der Waals surface area contributed by atoms with Gasteiger partial charge in [-0.25, -0.2) is 18.2 Å². The molecule has 234 valence electrons. The Bertz CT molecular complexity index is 1890. The molecule has 2 aromatic rings. The number of halogens is 2. The monoisotopic (exact) mass is 652 g/mol. The Morgan fingerprint density at radius 3 is 2.47 bits per heavy atom. The summed E-state index contributed by atoms with van der Waals surface area (Å²) in [6, 6.07) is 9.98. The number of benzene rings is 2. The van der Waals surface area contributed by atoms with Gasteiger partial charge < -0.3 is 15.3 Å². The van der Waals surface area contributed by atoms with Gasteiger partial charge in [-0.15, -0.1) is 6.58 Å². The summed E-state index contributed by atoms with van der Waals surface area (Å²) in [5.41, 5.74) is 6.11. The van der Waals surface area contributed by atoms with E-state index in [1.807, 2.05) is 51.6 Å². The van der Waals surface area contributed by atoms with Crippen molar-refractivity contribution in [1.82, 2.24) is 5.32 Å². The quantitative estimate of drug-likeness (QED) is 0.228. The first-order chi connectivity index (χ1) is 21.3. The third-order valence-corrected chi connectivity index (χ3v) is 13.5. The number of aromatic carboxylic acids is 1. The molecule has 9 nitrogen and oxygen atoms in total. The van der Waals surface area contributed by atoms with Crippen molar-refractivity contribution in [2.45, 2.75) is 18.9 Å². The first kappa shape index (κ1) is 30.8. The van der Waals surface area contributed by atoms with E-state index in [-0.39, 0.29) is 49.4 Å². The highest BCUT2D eigenvalue weighted by molar-refractivity contribution is 7.85. The fraction of sp³-hybridized carbons (Fsp3) is 0.281. The summed E-state index contributed by atoms with van der Waals surface area (Å²) < 4.78 is 60.9. The summed E-state index contributed by atoms with van der Waals surface area (Å²) in [5.74, 6) is -2.51. The second-order valence-corrected chi connectivity index (χ2v) is 17.3. The van der Waals surface area contributed by atoms with Crippen LogP contribution in [0.5, 0.6) is 0 Å². The van der Waals surface area contributed by atoms with Crippen LogP contribution in [0.25, 0.3) is 5.57 Å². The average Bonchev–Trinajstić information content (AvgIpc) is 2.97. The van der Waals surface area contributed by atoms with Crippen LogP contribution in [-0.4, -0.2) is 99.1 Å². The number of carboxylic acid groups (broad SMARTS) is 1. The number of allylic oxidation sites excluding steroid dienone is 5. The summed E-state index contributed by atoms with van der Waals surface area (Å²) >= 11 is 0. The number of amides is 1. The van der Waals surface area contributed by atoms with E-state index in [1.54, 1.807) is 0 Å². The van der Waals surface area contributed by atoms with Crippen LogP contribution in [-0.2, 0) is 10.1 Å². The molecule has 6 rings (SSSR count). The van der Waals surface area contributed by atoms with Crippen molar-refractivity contribution in [3.05, 3.63) is 99.9 Å². The topological polar surface area (TPSA) is 127 Å². The number of nitrogens with one attached hydrogen (secondary N) is 1. The molecule has 0 radical (unpaired) electrons. The number of hydrogen-bond donors (Lipinski definition) is 3. The maximum absolute atomic E-state index is 13.8. The fourth-order valence-corrected chi connectivity index (χ4v) is 9.82. The normalized spacial score (nSPS) is 22.6. The molecule has 3 heterocycles. The number of fused-ring (bicyclic) bond motifs is 2. The van der Waals surface area contributed by atoms with Gasteiger partial charge in [0.2, 0.25) is 6.17 Å². The van der Waals surface area contributed by atoms with E-state index in [4.69, 9.17) is 4.55 Å². The van der Waals surface area contributed by atoms with Gasteiger partial charge in [0, 0.05) is 29.9 Å². The van der Waals surface area contributed by atoms with Gasteiger partial charge in [0.25, 0.3) is 16.0 Å². The maximum Gasteiger partial charge on any atom is 0.336 e. The molecule has 1 aliphatic carbocycles. The van der Waals surface area contributed by atoms with Crippen molar-refractivity contribution in [3.63, 3.8) is 0 Å². The minimum Gasteiger partial charge on any atom is -0.478 e. The number of carboxylic acids is 1. The Labute approximate surface area is 260 Å². The largest absolute Gasteiger partial charge is 0.478 e. The molecule has 0 aromatic heterocycles. The molecule has 1 atom stereocenters. The van der Waals surface area contributed by atoms with Gasteiger partial charge in [-0.05, 0) is 69.1 Å². The lowest BCUT2D eigenvalue weighted by molar-refractivity contribution is -0.599. The number of rotatable bonds is 8. The van der Waals surface area contributed by atoms with Crippen molar-refractivity contribution in [3.8, 4) is 0 Å². The average molecular weight is 653 g/mol. The van der Waals surface area contributed by atoms with E-state index < -0.39 is 48.2 Å². The van der Waals surface area contributed by atoms with Crippen molar-refractivity contribution in [2.75, 3.05) is 43.4 Å². The zero-order chi connectivity index (χ0) is 32.3. The highest BCUT2D eigenvalue weighted by Gasteiger charge is 2.44. The molecule has 3 aliphatic heterocycles. The molecule has 45 heavy (non-hydrogen) atoms. The molecule has 4 aliphatic rings. The van der Waals surface area contributed by atoms with E-state index >= 15 is 0 Å². The van der Waals surface area contributed by atoms with E-state index in [0.29, 0.717) is 5.57 Å². The Balaban J connectivity index is 1.56. The van der Waals surface area contributed by atoms with Crippen LogP contribution in [0.1, 0.15) is 31.8 Å². The Morgan fingerprint density at radius 1 is 1.11 bits per heavy atom. The van der Waals surface area contributed by atoms with Crippen LogP contribution in [0.4, 0.5) is 14.5 Å². The molecule has 1 amide bonds. The molecule has 2 aromatic carbocycles. The van der Waals surface area contributed by atoms with Gasteiger partial charge in [-0.1, -0.05) is 18.3 Å². The van der Waals surface area contributed by atoms with Gasteiger partial charge in [-0.3, -0.25) is 9.35 Å². The van der Waals surface area contributed by atoms with Crippen molar-refractivity contribution in [2.24, 2.45) is 0 Å². The predicted molar refractivity (Wildman–Crippen MR) is 170 cm³/mol.